The van der Waals surface area contributed by atoms with Crippen molar-refractivity contribution in [2.24, 2.45) is 11.5 Å². The zero-order chi connectivity index (χ0) is 24.2. The number of nitrogens with zero attached hydrogens (tertiary/aromatic N) is 3. The van der Waals surface area contributed by atoms with Crippen LogP contribution in [0.2, 0.25) is 10.0 Å². The van der Waals surface area contributed by atoms with Gasteiger partial charge in [-0.3, -0.25) is 4.79 Å². The molecule has 4 rings (SSSR count). The molecule has 5 N–H and O–H groups in total. The molecule has 0 aromatic heterocycles. The molecule has 2 heterocycles. The minimum Gasteiger partial charge on any atom is -0.394 e. The van der Waals surface area contributed by atoms with E-state index in [9.17, 15) is 9.18 Å². The van der Waals surface area contributed by atoms with Crippen molar-refractivity contribution >= 4 is 34.8 Å². The number of nitrogens with one attached hydrogen (secondary N) is 1. The highest BCUT2D eigenvalue weighted by atomic mass is 35.5. The molecule has 2 aliphatic heterocycles. The lowest BCUT2D eigenvalue weighted by Gasteiger charge is -2.36. The van der Waals surface area contributed by atoms with Crippen LogP contribution in [0.3, 0.4) is 0 Å². The smallest absolute Gasteiger partial charge is 0.269 e. The van der Waals surface area contributed by atoms with Crippen molar-refractivity contribution in [2.45, 2.75) is 6.54 Å². The fourth-order valence-electron chi connectivity index (χ4n) is 4.14. The maximum Gasteiger partial charge on any atom is 0.269 e. The number of anilines is 1. The Morgan fingerprint density at radius 1 is 1.06 bits per heavy atom. The predicted octanol–water partition coefficient (Wildman–Crippen LogP) is 2.86. The van der Waals surface area contributed by atoms with E-state index in [1.807, 2.05) is 23.1 Å². The molecule has 34 heavy (non-hydrogen) atoms. The van der Waals surface area contributed by atoms with Gasteiger partial charge in [-0.1, -0.05) is 41.4 Å². The molecule has 0 bridgehead atoms. The lowest BCUT2D eigenvalue weighted by Crippen LogP contribution is -2.50. The molecule has 0 spiro atoms. The maximum atomic E-state index is 14.0. The van der Waals surface area contributed by atoms with E-state index >= 15 is 0 Å². The van der Waals surface area contributed by atoms with Gasteiger partial charge in [0.1, 0.15) is 11.6 Å². The second-order valence-corrected chi connectivity index (χ2v) is 8.97. The molecule has 0 radical (unpaired) electrons. The standard InChI is InChI=1S/C24H27Cl2FN6O/c25-18-6-7-19(27)22(26)17(18)15-33-9-8-30-23(29)21(33)14-20(28)24(34)32-12-10-31(11-13-32)16-4-2-1-3-5-16/h1-7,14,30H,8-13,15,28-29H2/b20-14-. The first-order chi connectivity index (χ1) is 16.3. The Bertz CT molecular complexity index is 1120. The average Bonchev–Trinajstić information content (AvgIpc) is 2.86. The number of benzene rings is 2. The van der Waals surface area contributed by atoms with Gasteiger partial charge in [-0.25, -0.2) is 4.39 Å². The summed E-state index contributed by atoms with van der Waals surface area (Å²) >= 11 is 12.4. The summed E-state index contributed by atoms with van der Waals surface area (Å²) in [4.78, 5) is 18.9. The Labute approximate surface area is 208 Å². The summed E-state index contributed by atoms with van der Waals surface area (Å²) in [6.07, 6.45) is 1.56. The van der Waals surface area contributed by atoms with Crippen LogP contribution < -0.4 is 21.7 Å². The van der Waals surface area contributed by atoms with Crippen LogP contribution in [0.1, 0.15) is 5.56 Å². The van der Waals surface area contributed by atoms with Gasteiger partial charge in [0.2, 0.25) is 0 Å². The Balaban J connectivity index is 1.48. The number of piperazine rings is 1. The molecule has 10 heteroatoms. The van der Waals surface area contributed by atoms with Crippen LogP contribution in [0, 0.1) is 5.82 Å². The molecule has 1 fully saturated rings. The van der Waals surface area contributed by atoms with Crippen LogP contribution in [-0.2, 0) is 11.3 Å². The lowest BCUT2D eigenvalue weighted by atomic mass is 10.1. The molecule has 180 valence electrons. The third-order valence-electron chi connectivity index (χ3n) is 6.03. The Kier molecular flexibility index (Phi) is 7.38. The molecule has 0 atom stereocenters. The summed E-state index contributed by atoms with van der Waals surface area (Å²) in [5, 5.41) is 3.40. The number of carbonyl (C=O) groups excluding carboxylic acids is 1. The number of allylic oxidation sites excluding steroid dienone is 1. The van der Waals surface area contributed by atoms with Crippen LogP contribution in [0.5, 0.6) is 0 Å². The maximum absolute atomic E-state index is 14.0. The number of amides is 1. The van der Waals surface area contributed by atoms with Crippen molar-refractivity contribution in [3.63, 3.8) is 0 Å². The normalized spacial score (nSPS) is 17.1. The van der Waals surface area contributed by atoms with Crippen LogP contribution in [0.15, 0.2) is 65.8 Å². The highest BCUT2D eigenvalue weighted by molar-refractivity contribution is 6.36. The van der Waals surface area contributed by atoms with Gasteiger partial charge in [0.05, 0.1) is 16.4 Å². The highest BCUT2D eigenvalue weighted by Gasteiger charge is 2.25. The highest BCUT2D eigenvalue weighted by Crippen LogP contribution is 2.30. The summed E-state index contributed by atoms with van der Waals surface area (Å²) in [6.45, 7) is 3.91. The minimum absolute atomic E-state index is 0.0340. The Morgan fingerprint density at radius 2 is 1.76 bits per heavy atom. The number of carbonyl (C=O) groups is 1. The first-order valence-electron chi connectivity index (χ1n) is 11.0. The second-order valence-electron chi connectivity index (χ2n) is 8.18. The van der Waals surface area contributed by atoms with E-state index in [-0.39, 0.29) is 23.2 Å². The first kappa shape index (κ1) is 24.0. The molecular weight excluding hydrogens is 478 g/mol. The summed E-state index contributed by atoms with van der Waals surface area (Å²) in [7, 11) is 0. The fraction of sp³-hybridized carbons (Fsp3) is 0.292. The molecule has 2 aromatic rings. The molecule has 2 aromatic carbocycles. The SMILES string of the molecule is NC1=C(/C=C(\N)C(=O)N2CCN(c3ccccc3)CC2)N(Cc2c(Cl)ccc(F)c2Cl)CCN1. The van der Waals surface area contributed by atoms with Gasteiger partial charge in [0.25, 0.3) is 5.91 Å². The number of halogens is 3. The van der Waals surface area contributed by atoms with Crippen LogP contribution in [0.25, 0.3) is 0 Å². The fourth-order valence-corrected chi connectivity index (χ4v) is 4.63. The van der Waals surface area contributed by atoms with E-state index in [4.69, 9.17) is 34.7 Å². The van der Waals surface area contributed by atoms with Crippen molar-refractivity contribution in [2.75, 3.05) is 44.2 Å². The number of nitrogens with two attached hydrogens (primary N) is 2. The van der Waals surface area contributed by atoms with E-state index < -0.39 is 5.82 Å². The van der Waals surface area contributed by atoms with Gasteiger partial charge in [0.15, 0.2) is 0 Å². The Morgan fingerprint density at radius 3 is 2.47 bits per heavy atom. The zero-order valence-corrected chi connectivity index (χ0v) is 20.1. The summed E-state index contributed by atoms with van der Waals surface area (Å²) in [6, 6.07) is 12.8. The molecule has 7 nitrogen and oxygen atoms in total. The van der Waals surface area contributed by atoms with Crippen molar-refractivity contribution in [3.8, 4) is 0 Å². The topological polar surface area (TPSA) is 90.9 Å². The van der Waals surface area contributed by atoms with Crippen molar-refractivity contribution < 1.29 is 9.18 Å². The predicted molar refractivity (Wildman–Crippen MR) is 134 cm³/mol. The first-order valence-corrected chi connectivity index (χ1v) is 11.8. The van der Waals surface area contributed by atoms with E-state index in [0.29, 0.717) is 48.3 Å². The monoisotopic (exact) mass is 504 g/mol. The number of hydrogen-bond acceptors (Lipinski definition) is 6. The largest absolute Gasteiger partial charge is 0.394 e. The van der Waals surface area contributed by atoms with Gasteiger partial charge in [-0.15, -0.1) is 0 Å². The van der Waals surface area contributed by atoms with Crippen molar-refractivity contribution in [3.05, 3.63) is 87.2 Å². The third kappa shape index (κ3) is 5.18. The van der Waals surface area contributed by atoms with Crippen molar-refractivity contribution in [1.29, 1.82) is 0 Å². The van der Waals surface area contributed by atoms with Gasteiger partial charge < -0.3 is 31.5 Å². The molecule has 0 aliphatic carbocycles. The molecule has 2 aliphatic rings. The third-order valence-corrected chi connectivity index (χ3v) is 6.79. The van der Waals surface area contributed by atoms with Gasteiger partial charge in [-0.2, -0.15) is 0 Å². The van der Waals surface area contributed by atoms with Crippen molar-refractivity contribution in [1.82, 2.24) is 15.1 Å². The van der Waals surface area contributed by atoms with Gasteiger partial charge >= 0.3 is 0 Å². The van der Waals surface area contributed by atoms with Crippen LogP contribution in [0.4, 0.5) is 10.1 Å². The van der Waals surface area contributed by atoms with Gasteiger partial charge in [0, 0.05) is 62.1 Å². The van der Waals surface area contributed by atoms with Crippen LogP contribution in [-0.4, -0.2) is 55.0 Å². The average molecular weight is 505 g/mol. The quantitative estimate of drug-likeness (QED) is 0.428. The summed E-state index contributed by atoms with van der Waals surface area (Å²) < 4.78 is 14.0. The van der Waals surface area contributed by atoms with Crippen LogP contribution >= 0.6 is 23.2 Å². The zero-order valence-electron chi connectivity index (χ0n) is 18.6. The lowest BCUT2D eigenvalue weighted by molar-refractivity contribution is -0.127. The molecular formula is C24H27Cl2FN6O. The molecule has 1 amide bonds. The van der Waals surface area contributed by atoms with Gasteiger partial charge in [-0.05, 0) is 30.3 Å². The minimum atomic E-state index is -0.547. The molecule has 1 saturated heterocycles. The molecule has 0 saturated carbocycles. The number of hydrogen-bond donors (Lipinski definition) is 3. The number of para-hydroxylation sites is 1. The van der Waals surface area contributed by atoms with E-state index in [1.165, 1.54) is 12.1 Å². The molecule has 0 unspecified atom stereocenters. The van der Waals surface area contributed by atoms with E-state index in [0.717, 1.165) is 18.8 Å². The number of rotatable bonds is 5. The van der Waals surface area contributed by atoms with E-state index in [1.54, 1.807) is 11.0 Å². The Hall–Kier alpha value is -3.10. The second kappa shape index (κ2) is 10.4. The van der Waals surface area contributed by atoms with E-state index in [2.05, 4.69) is 22.3 Å². The summed E-state index contributed by atoms with van der Waals surface area (Å²) in [5.41, 5.74) is 14.6. The summed E-state index contributed by atoms with van der Waals surface area (Å²) in [5.74, 6) is -0.422.